The molecule has 0 radical (unpaired) electrons. The van der Waals surface area contributed by atoms with Crippen molar-refractivity contribution in [1.29, 1.82) is 0 Å². The number of aliphatic hydroxyl groups excluding tert-OH is 1. The highest BCUT2D eigenvalue weighted by Gasteiger charge is 2.59. The number of carbonyl (C=O) groups is 2. The van der Waals surface area contributed by atoms with E-state index in [1.165, 1.54) is 6.08 Å². The summed E-state index contributed by atoms with van der Waals surface area (Å²) < 4.78 is 20.5. The first-order valence-corrected chi connectivity index (χ1v) is 8.15. The lowest BCUT2D eigenvalue weighted by Crippen LogP contribution is -2.56. The molecular weight excluding hydrogens is 344 g/mol. The van der Waals surface area contributed by atoms with Crippen LogP contribution in [0.5, 0.6) is 0 Å². The molecule has 0 spiro atoms. The Morgan fingerprint density at radius 3 is 2.77 bits per heavy atom. The number of methoxy groups -OCH3 is 1. The van der Waals surface area contributed by atoms with E-state index in [2.05, 4.69) is 4.74 Å². The summed E-state index contributed by atoms with van der Waals surface area (Å²) in [6.07, 6.45) is -1.05. The molecule has 8 heteroatoms. The third-order valence-corrected chi connectivity index (χ3v) is 4.35. The number of hydrogen-bond donors (Lipinski definition) is 2. The number of fused-ring (bicyclic) bond motifs is 2. The Labute approximate surface area is 149 Å². The van der Waals surface area contributed by atoms with Crippen molar-refractivity contribution in [3.63, 3.8) is 0 Å². The minimum absolute atomic E-state index is 0.187. The number of rotatable bonds is 5. The van der Waals surface area contributed by atoms with E-state index in [9.17, 15) is 19.8 Å². The van der Waals surface area contributed by atoms with Crippen molar-refractivity contribution in [2.24, 2.45) is 0 Å². The van der Waals surface area contributed by atoms with Crippen LogP contribution >= 0.6 is 0 Å². The summed E-state index contributed by atoms with van der Waals surface area (Å²) in [5, 5.41) is 20.4. The van der Waals surface area contributed by atoms with E-state index in [0.717, 1.165) is 12.7 Å². The Morgan fingerprint density at radius 2 is 2.08 bits per heavy atom. The molecule has 2 bridgehead atoms. The highest BCUT2D eigenvalue weighted by molar-refractivity contribution is 5.87. The molecule has 5 atom stereocenters. The van der Waals surface area contributed by atoms with Gasteiger partial charge in [0.25, 0.3) is 5.79 Å². The molecule has 1 aromatic carbocycles. The topological polar surface area (TPSA) is 112 Å². The van der Waals surface area contributed by atoms with E-state index < -0.39 is 42.1 Å². The van der Waals surface area contributed by atoms with Gasteiger partial charge in [0.1, 0.15) is 24.9 Å². The van der Waals surface area contributed by atoms with Crippen LogP contribution in [0.3, 0.4) is 0 Å². The zero-order valence-electron chi connectivity index (χ0n) is 14.1. The second-order valence-electron chi connectivity index (χ2n) is 6.14. The van der Waals surface area contributed by atoms with E-state index in [1.807, 2.05) is 30.3 Å². The minimum atomic E-state index is -2.19. The first kappa shape index (κ1) is 18.5. The molecule has 2 N–H and O–H groups in total. The van der Waals surface area contributed by atoms with Gasteiger partial charge in [-0.1, -0.05) is 30.3 Å². The van der Waals surface area contributed by atoms with E-state index in [-0.39, 0.29) is 13.0 Å². The van der Waals surface area contributed by atoms with Crippen LogP contribution in [0.4, 0.5) is 0 Å². The van der Waals surface area contributed by atoms with Crippen LogP contribution in [0, 0.1) is 0 Å². The average molecular weight is 364 g/mol. The molecular formula is C18H20O8. The molecule has 2 fully saturated rings. The normalized spacial score (nSPS) is 33.2. The van der Waals surface area contributed by atoms with Gasteiger partial charge in [0, 0.05) is 12.5 Å². The summed E-state index contributed by atoms with van der Waals surface area (Å²) in [6, 6.07) is 9.24. The Kier molecular flexibility index (Phi) is 5.38. The lowest BCUT2D eigenvalue weighted by molar-refractivity contribution is -0.271. The maximum absolute atomic E-state index is 11.8. The van der Waals surface area contributed by atoms with Gasteiger partial charge in [-0.2, -0.15) is 0 Å². The summed E-state index contributed by atoms with van der Waals surface area (Å²) in [5.74, 6) is -3.74. The Balaban J connectivity index is 1.57. The van der Waals surface area contributed by atoms with Crippen LogP contribution in [0.2, 0.25) is 0 Å². The molecule has 2 aliphatic heterocycles. The van der Waals surface area contributed by atoms with Crippen molar-refractivity contribution in [3.05, 3.63) is 42.0 Å². The predicted octanol–water partition coefficient (Wildman–Crippen LogP) is 0.0218. The lowest BCUT2D eigenvalue weighted by Gasteiger charge is -2.35. The highest BCUT2D eigenvalue weighted by atomic mass is 16.7. The lowest BCUT2D eigenvalue weighted by atomic mass is 9.96. The zero-order chi connectivity index (χ0) is 18.7. The van der Waals surface area contributed by atoms with Crippen LogP contribution in [-0.2, 0) is 28.5 Å². The van der Waals surface area contributed by atoms with Crippen LogP contribution in [0.15, 0.2) is 36.4 Å². The first-order chi connectivity index (χ1) is 12.4. The van der Waals surface area contributed by atoms with Crippen molar-refractivity contribution in [2.75, 3.05) is 13.7 Å². The van der Waals surface area contributed by atoms with E-state index in [0.29, 0.717) is 0 Å². The van der Waals surface area contributed by atoms with Crippen molar-refractivity contribution >= 4 is 18.0 Å². The van der Waals surface area contributed by atoms with Crippen molar-refractivity contribution in [2.45, 2.75) is 36.6 Å². The summed E-state index contributed by atoms with van der Waals surface area (Å²) >= 11 is 0. The van der Waals surface area contributed by atoms with Crippen molar-refractivity contribution < 1.29 is 38.7 Å². The predicted molar refractivity (Wildman–Crippen MR) is 87.6 cm³/mol. The van der Waals surface area contributed by atoms with Gasteiger partial charge in [-0.3, -0.25) is 0 Å². The number of ether oxygens (including phenoxy) is 4. The van der Waals surface area contributed by atoms with Gasteiger partial charge in [0.05, 0.1) is 13.2 Å². The number of benzene rings is 1. The molecule has 3 rings (SSSR count). The van der Waals surface area contributed by atoms with E-state index in [1.54, 1.807) is 6.08 Å². The summed E-state index contributed by atoms with van der Waals surface area (Å²) in [7, 11) is 1.12. The largest absolute Gasteiger partial charge is 0.465 e. The van der Waals surface area contributed by atoms with Gasteiger partial charge in [0.2, 0.25) is 0 Å². The van der Waals surface area contributed by atoms with Gasteiger partial charge in [-0.05, 0) is 11.6 Å². The number of hydrogen-bond acceptors (Lipinski definition) is 8. The minimum Gasteiger partial charge on any atom is -0.465 e. The van der Waals surface area contributed by atoms with Crippen molar-refractivity contribution in [3.8, 4) is 0 Å². The van der Waals surface area contributed by atoms with Gasteiger partial charge in [0.15, 0.2) is 0 Å². The molecule has 2 heterocycles. The fourth-order valence-corrected chi connectivity index (χ4v) is 3.04. The maximum atomic E-state index is 11.8. The Bertz CT molecular complexity index is 688. The molecule has 8 nitrogen and oxygen atoms in total. The van der Waals surface area contributed by atoms with E-state index in [4.69, 9.17) is 14.2 Å². The monoisotopic (exact) mass is 364 g/mol. The second kappa shape index (κ2) is 7.55. The molecule has 0 saturated carbocycles. The number of esters is 2. The summed E-state index contributed by atoms with van der Waals surface area (Å²) in [6.45, 7) is -0.187. The van der Waals surface area contributed by atoms with Crippen LogP contribution < -0.4 is 0 Å². The third kappa shape index (κ3) is 3.78. The Hall–Kier alpha value is -2.26. The molecule has 0 aromatic heterocycles. The van der Waals surface area contributed by atoms with Gasteiger partial charge < -0.3 is 29.2 Å². The molecule has 140 valence electrons. The van der Waals surface area contributed by atoms with Gasteiger partial charge >= 0.3 is 11.9 Å². The molecule has 2 aliphatic rings. The number of aliphatic hydroxyl groups is 2. The molecule has 26 heavy (non-hydrogen) atoms. The molecule has 0 unspecified atom stereocenters. The van der Waals surface area contributed by atoms with Crippen LogP contribution in [0.1, 0.15) is 12.0 Å². The quantitative estimate of drug-likeness (QED) is 0.556. The molecule has 0 amide bonds. The standard InChI is InChI=1S/C18H20O8/c1-23-17(21)18(22)9-12-15(20)16(26-18)13(25-12)10-24-14(19)8-7-11-5-3-2-4-6-11/h2-8,12-13,15-16,20,22H,9-10H2,1H3/b8-7+/t12-,13-,15+,16-,18-/m1/s1. The fourth-order valence-electron chi connectivity index (χ4n) is 3.04. The van der Waals surface area contributed by atoms with E-state index >= 15 is 0 Å². The molecule has 0 aliphatic carbocycles. The van der Waals surface area contributed by atoms with Gasteiger partial charge in [-0.15, -0.1) is 0 Å². The third-order valence-electron chi connectivity index (χ3n) is 4.35. The molecule has 2 saturated heterocycles. The summed E-state index contributed by atoms with van der Waals surface area (Å²) in [4.78, 5) is 23.5. The second-order valence-corrected chi connectivity index (χ2v) is 6.14. The molecule has 1 aromatic rings. The van der Waals surface area contributed by atoms with Crippen molar-refractivity contribution in [1.82, 2.24) is 0 Å². The average Bonchev–Trinajstić information content (AvgIpc) is 2.83. The van der Waals surface area contributed by atoms with Crippen LogP contribution in [0.25, 0.3) is 6.08 Å². The summed E-state index contributed by atoms with van der Waals surface area (Å²) in [5.41, 5.74) is 0.847. The SMILES string of the molecule is COC(=O)[C@@]1(O)C[C@H]2O[C@H](COC(=O)/C=C/c3ccccc3)[C@@H](O1)[C@H]2O. The van der Waals surface area contributed by atoms with Gasteiger partial charge in [-0.25, -0.2) is 9.59 Å². The van der Waals surface area contributed by atoms with Crippen LogP contribution in [-0.4, -0.2) is 66.1 Å². The maximum Gasteiger partial charge on any atom is 0.366 e. The highest BCUT2D eigenvalue weighted by Crippen LogP contribution is 2.38. The fraction of sp³-hybridized carbons (Fsp3) is 0.444. The zero-order valence-corrected chi connectivity index (χ0v) is 14.1. The number of carbonyl (C=O) groups excluding carboxylic acids is 2. The smallest absolute Gasteiger partial charge is 0.366 e. The first-order valence-electron chi connectivity index (χ1n) is 8.15. The Morgan fingerprint density at radius 1 is 1.35 bits per heavy atom.